The molecule has 17 aromatic rings. The van der Waals surface area contributed by atoms with Gasteiger partial charge in [-0.25, -0.2) is 0 Å². The van der Waals surface area contributed by atoms with Crippen molar-refractivity contribution in [3.05, 3.63) is 311 Å². The van der Waals surface area contributed by atoms with Crippen LogP contribution in [0.3, 0.4) is 0 Å². The Balaban J connectivity index is 0.921. The van der Waals surface area contributed by atoms with E-state index in [1.807, 2.05) is 0 Å². The number of para-hydroxylation sites is 6. The number of benzene rings is 12. The van der Waals surface area contributed by atoms with Gasteiger partial charge in [-0.1, -0.05) is 218 Å². The molecule has 0 N–H and O–H groups in total. The highest BCUT2D eigenvalue weighted by molar-refractivity contribution is 6.27. The minimum atomic E-state index is -0.528. The molecule has 360 valence electrons. The van der Waals surface area contributed by atoms with E-state index in [1.165, 1.54) is 154 Å². The van der Waals surface area contributed by atoms with Crippen LogP contribution in [-0.2, 0) is 10.8 Å². The number of hydrogen-bond donors (Lipinski definition) is 0. The van der Waals surface area contributed by atoms with Gasteiger partial charge in [0.25, 0.3) is 0 Å². The molecule has 0 amide bonds. The Bertz CT molecular complexity index is 5000. The summed E-state index contributed by atoms with van der Waals surface area (Å²) in [7, 11) is 0. The molecular formula is C74H44N4. The van der Waals surface area contributed by atoms with Gasteiger partial charge in [-0.15, -0.1) is 0 Å². The summed E-state index contributed by atoms with van der Waals surface area (Å²) >= 11 is 0. The van der Waals surface area contributed by atoms with Crippen LogP contribution in [0, 0.1) is 0 Å². The van der Waals surface area contributed by atoms with Gasteiger partial charge in [0.2, 0.25) is 0 Å². The fraction of sp³-hybridized carbons (Fsp3) is 0.0270. The highest BCUT2D eigenvalue weighted by atomic mass is 15.0. The molecule has 2 aliphatic rings. The predicted molar refractivity (Wildman–Crippen MR) is 322 cm³/mol. The highest BCUT2D eigenvalue weighted by Crippen LogP contribution is 2.57. The van der Waals surface area contributed by atoms with Gasteiger partial charge in [0.1, 0.15) is 0 Å². The molecule has 2 aliphatic heterocycles. The monoisotopic (exact) mass is 988 g/mol. The lowest BCUT2D eigenvalue weighted by atomic mass is 9.63. The summed E-state index contributed by atoms with van der Waals surface area (Å²) < 4.78 is 10.3. The zero-order valence-electron chi connectivity index (χ0n) is 42.2. The van der Waals surface area contributed by atoms with Gasteiger partial charge < -0.3 is 17.9 Å². The van der Waals surface area contributed by atoms with E-state index in [9.17, 15) is 0 Å². The van der Waals surface area contributed by atoms with Crippen molar-refractivity contribution in [3.8, 4) is 11.4 Å². The molecular weight excluding hydrogens is 945 g/mol. The summed E-state index contributed by atoms with van der Waals surface area (Å²) in [6, 6.07) is 101. The third-order valence-corrected chi connectivity index (χ3v) is 18.6. The van der Waals surface area contributed by atoms with Crippen LogP contribution in [-0.4, -0.2) is 17.9 Å². The fourth-order valence-corrected chi connectivity index (χ4v) is 15.8. The first-order valence-electron chi connectivity index (χ1n) is 27.3. The SMILES string of the molecule is c1ccc(C2(c3ccccc3)c3ccccc3-n3c4cc5c6cccc7c6n(c5cc4c4cccc2c43)c2cccc3c4cc5c(cc4n7c32)c2cccc3c2n5-c2ccccc2C3(c2ccccc2)c2ccccc2)cc1. The Morgan fingerprint density at radius 1 is 0.205 bits per heavy atom. The molecule has 78 heavy (non-hydrogen) atoms. The summed E-state index contributed by atoms with van der Waals surface area (Å²) in [5, 5.41) is 10.0. The Labute approximate surface area is 447 Å². The molecule has 0 atom stereocenters. The first kappa shape index (κ1) is 41.1. The quantitative estimate of drug-likeness (QED) is 0.157. The predicted octanol–water partition coefficient (Wildman–Crippen LogP) is 17.8. The lowest BCUT2D eigenvalue weighted by Gasteiger charge is -2.41. The van der Waals surface area contributed by atoms with E-state index in [1.54, 1.807) is 0 Å². The minimum absolute atomic E-state index is 0.528. The number of nitrogens with zero attached hydrogens (tertiary/aromatic N) is 4. The van der Waals surface area contributed by atoms with Crippen molar-refractivity contribution in [3.63, 3.8) is 0 Å². The van der Waals surface area contributed by atoms with Crippen molar-refractivity contribution in [1.82, 2.24) is 17.9 Å². The van der Waals surface area contributed by atoms with Crippen molar-refractivity contribution >= 4 is 98.3 Å². The van der Waals surface area contributed by atoms with Crippen LogP contribution in [0.25, 0.3) is 110 Å². The summed E-state index contributed by atoms with van der Waals surface area (Å²) in [4.78, 5) is 0. The molecule has 7 heterocycles. The molecule has 0 saturated carbocycles. The molecule has 0 unspecified atom stereocenters. The first-order valence-corrected chi connectivity index (χ1v) is 27.3. The van der Waals surface area contributed by atoms with Gasteiger partial charge in [0.15, 0.2) is 0 Å². The largest absolute Gasteiger partial charge is 0.309 e. The van der Waals surface area contributed by atoms with Crippen LogP contribution in [0.1, 0.15) is 44.5 Å². The van der Waals surface area contributed by atoms with Gasteiger partial charge in [0, 0.05) is 43.1 Å². The maximum absolute atomic E-state index is 2.59. The Kier molecular flexibility index (Phi) is 7.59. The van der Waals surface area contributed by atoms with Crippen LogP contribution in [0.4, 0.5) is 0 Å². The molecule has 0 saturated heterocycles. The van der Waals surface area contributed by atoms with Gasteiger partial charge in [-0.3, -0.25) is 0 Å². The van der Waals surface area contributed by atoms with Crippen molar-refractivity contribution < 1.29 is 0 Å². The Morgan fingerprint density at radius 2 is 0.500 bits per heavy atom. The smallest absolute Gasteiger partial charge is 0.0783 e. The van der Waals surface area contributed by atoms with E-state index in [-0.39, 0.29) is 0 Å². The molecule has 19 rings (SSSR count). The molecule has 4 heteroatoms. The zero-order chi connectivity index (χ0) is 50.6. The number of aromatic nitrogens is 4. The van der Waals surface area contributed by atoms with Crippen LogP contribution >= 0.6 is 0 Å². The topological polar surface area (TPSA) is 18.7 Å². The van der Waals surface area contributed by atoms with E-state index in [2.05, 4.69) is 285 Å². The second-order valence-corrected chi connectivity index (χ2v) is 21.9. The second kappa shape index (κ2) is 14.4. The van der Waals surface area contributed by atoms with Gasteiger partial charge >= 0.3 is 0 Å². The normalized spacial score (nSPS) is 14.4. The van der Waals surface area contributed by atoms with E-state index >= 15 is 0 Å². The van der Waals surface area contributed by atoms with Crippen molar-refractivity contribution in [2.75, 3.05) is 0 Å². The highest BCUT2D eigenvalue weighted by Gasteiger charge is 2.47. The van der Waals surface area contributed by atoms with Crippen molar-refractivity contribution in [2.45, 2.75) is 10.8 Å². The second-order valence-electron chi connectivity index (χ2n) is 21.9. The summed E-state index contributed by atoms with van der Waals surface area (Å²) in [6.07, 6.45) is 0. The van der Waals surface area contributed by atoms with Crippen LogP contribution < -0.4 is 0 Å². The maximum atomic E-state index is 2.59. The van der Waals surface area contributed by atoms with Gasteiger partial charge in [-0.05, 0) is 93.0 Å². The standard InChI is InChI=1S/C74H44N4/c1-5-21-45(22-6-1)73(46-23-7-2-8-24-46)57-33-13-15-37-61(57)75-65-43-55-51-31-19-40-64-71(51)77(67(55)41-53(65)49-29-17-35-59(73)69(49)75)63-39-20-32-52-56-44-66-54(42-68(56)78(64)72(52)63)50-30-18-36-60-70(50)76(66)62-38-16-14-34-58(62)74(60,47-25-9-3-10-26-47)48-27-11-4-12-28-48/h1-44H. The average molecular weight is 989 g/mol. The lowest BCUT2D eigenvalue weighted by molar-refractivity contribution is 0.728. The van der Waals surface area contributed by atoms with Crippen molar-refractivity contribution in [2.24, 2.45) is 0 Å². The van der Waals surface area contributed by atoms with E-state index in [0.717, 1.165) is 0 Å². The van der Waals surface area contributed by atoms with Crippen LogP contribution in [0.5, 0.6) is 0 Å². The molecule has 0 aliphatic carbocycles. The number of hydrogen-bond acceptors (Lipinski definition) is 0. The zero-order valence-corrected chi connectivity index (χ0v) is 42.2. The fourth-order valence-electron chi connectivity index (χ4n) is 15.8. The minimum Gasteiger partial charge on any atom is -0.309 e. The average Bonchev–Trinajstić information content (AvgIpc) is 3.70. The number of fused-ring (bicyclic) bond motifs is 18. The molecule has 0 fully saturated rings. The molecule has 0 radical (unpaired) electrons. The summed E-state index contributed by atoms with van der Waals surface area (Å²) in [5.74, 6) is 0. The molecule has 5 aromatic heterocycles. The summed E-state index contributed by atoms with van der Waals surface area (Å²) in [5.41, 5.74) is 23.9. The third-order valence-electron chi connectivity index (χ3n) is 18.6. The molecule has 0 spiro atoms. The van der Waals surface area contributed by atoms with Gasteiger partial charge in [0.05, 0.1) is 77.4 Å². The first-order chi connectivity index (χ1) is 38.7. The number of rotatable bonds is 4. The van der Waals surface area contributed by atoms with E-state index in [4.69, 9.17) is 0 Å². The maximum Gasteiger partial charge on any atom is 0.0783 e. The van der Waals surface area contributed by atoms with Crippen LogP contribution in [0.2, 0.25) is 0 Å². The summed E-state index contributed by atoms with van der Waals surface area (Å²) in [6.45, 7) is 0. The molecule has 0 bridgehead atoms. The van der Waals surface area contributed by atoms with Crippen molar-refractivity contribution in [1.29, 1.82) is 0 Å². The molecule has 12 aromatic carbocycles. The Hall–Kier alpha value is -10.2. The molecule has 4 nitrogen and oxygen atoms in total. The Morgan fingerprint density at radius 3 is 0.885 bits per heavy atom. The third kappa shape index (κ3) is 4.66. The van der Waals surface area contributed by atoms with Gasteiger partial charge in [-0.2, -0.15) is 0 Å². The lowest BCUT2D eigenvalue weighted by Crippen LogP contribution is -2.35. The van der Waals surface area contributed by atoms with E-state index in [0.29, 0.717) is 0 Å². The van der Waals surface area contributed by atoms with Crippen LogP contribution in [0.15, 0.2) is 267 Å². The van der Waals surface area contributed by atoms with E-state index < -0.39 is 10.8 Å².